The standard InChI is InChI=1S/C23H19N3O6/c1-13-10-21(27)26(25-22(13)23(28)29)14-4-6-15(7-5-14)32-18-8-9-24-17-12-20(31-3)19(30-2)11-16(17)18/h4-12H,1-3H3,(H,28,29). The molecule has 0 radical (unpaired) electrons. The molecular weight excluding hydrogens is 414 g/mol. The maximum atomic E-state index is 12.3. The predicted octanol–water partition coefficient (Wildman–Crippen LogP) is 3.60. The highest BCUT2D eigenvalue weighted by molar-refractivity contribution is 5.88. The van der Waals surface area contributed by atoms with Gasteiger partial charge in [0.05, 0.1) is 25.4 Å². The van der Waals surface area contributed by atoms with Crippen molar-refractivity contribution in [1.29, 1.82) is 0 Å². The number of fused-ring (bicyclic) bond motifs is 1. The molecule has 2 heterocycles. The predicted molar refractivity (Wildman–Crippen MR) is 116 cm³/mol. The van der Waals surface area contributed by atoms with E-state index in [2.05, 4.69) is 10.1 Å². The van der Waals surface area contributed by atoms with Gasteiger partial charge in [-0.25, -0.2) is 4.79 Å². The fraction of sp³-hybridized carbons (Fsp3) is 0.130. The second kappa shape index (κ2) is 8.38. The second-order valence-corrected chi connectivity index (χ2v) is 6.86. The number of aromatic nitrogens is 3. The zero-order valence-corrected chi connectivity index (χ0v) is 17.5. The number of methoxy groups -OCH3 is 2. The molecule has 4 aromatic rings. The molecule has 2 aromatic carbocycles. The molecular formula is C23H19N3O6. The lowest BCUT2D eigenvalue weighted by Crippen LogP contribution is -2.24. The van der Waals surface area contributed by atoms with Gasteiger partial charge in [-0.2, -0.15) is 9.78 Å². The summed E-state index contributed by atoms with van der Waals surface area (Å²) >= 11 is 0. The summed E-state index contributed by atoms with van der Waals surface area (Å²) in [6.45, 7) is 1.53. The van der Waals surface area contributed by atoms with E-state index in [0.29, 0.717) is 39.8 Å². The van der Waals surface area contributed by atoms with Crippen LogP contribution in [-0.4, -0.2) is 40.1 Å². The number of carboxylic acid groups (broad SMARTS) is 1. The third-order valence-electron chi connectivity index (χ3n) is 4.84. The van der Waals surface area contributed by atoms with Crippen LogP contribution in [0.4, 0.5) is 0 Å². The number of pyridine rings is 1. The largest absolute Gasteiger partial charge is 0.493 e. The van der Waals surface area contributed by atoms with Crippen LogP contribution in [0.15, 0.2) is 59.5 Å². The number of carboxylic acids is 1. The van der Waals surface area contributed by atoms with E-state index < -0.39 is 11.5 Å². The first-order chi connectivity index (χ1) is 15.4. The lowest BCUT2D eigenvalue weighted by atomic mass is 10.2. The van der Waals surface area contributed by atoms with Crippen molar-refractivity contribution in [1.82, 2.24) is 14.8 Å². The molecule has 0 atom stereocenters. The minimum atomic E-state index is -1.20. The van der Waals surface area contributed by atoms with Crippen LogP contribution in [0, 0.1) is 6.92 Å². The van der Waals surface area contributed by atoms with E-state index in [9.17, 15) is 14.7 Å². The van der Waals surface area contributed by atoms with Gasteiger partial charge >= 0.3 is 5.97 Å². The summed E-state index contributed by atoms with van der Waals surface area (Å²) in [4.78, 5) is 28.0. The van der Waals surface area contributed by atoms with Crippen molar-refractivity contribution in [2.24, 2.45) is 0 Å². The summed E-state index contributed by atoms with van der Waals surface area (Å²) in [6.07, 6.45) is 1.63. The first-order valence-electron chi connectivity index (χ1n) is 9.54. The Morgan fingerprint density at radius 2 is 1.66 bits per heavy atom. The van der Waals surface area contributed by atoms with E-state index in [-0.39, 0.29) is 5.69 Å². The number of aryl methyl sites for hydroxylation is 1. The topological polar surface area (TPSA) is 113 Å². The minimum absolute atomic E-state index is 0.183. The van der Waals surface area contributed by atoms with Gasteiger partial charge in [0.15, 0.2) is 17.2 Å². The molecule has 0 saturated carbocycles. The van der Waals surface area contributed by atoms with E-state index in [1.54, 1.807) is 62.9 Å². The Balaban J connectivity index is 1.68. The summed E-state index contributed by atoms with van der Waals surface area (Å²) in [7, 11) is 3.11. The number of benzene rings is 2. The van der Waals surface area contributed by atoms with Gasteiger partial charge in [0.1, 0.15) is 11.5 Å². The third kappa shape index (κ3) is 3.83. The Morgan fingerprint density at radius 3 is 2.31 bits per heavy atom. The first kappa shape index (κ1) is 20.9. The van der Waals surface area contributed by atoms with Crippen molar-refractivity contribution in [3.05, 3.63) is 76.3 Å². The van der Waals surface area contributed by atoms with Gasteiger partial charge in [-0.05, 0) is 48.9 Å². The molecule has 162 valence electrons. The highest BCUT2D eigenvalue weighted by Crippen LogP contribution is 2.36. The first-order valence-corrected chi connectivity index (χ1v) is 9.54. The van der Waals surface area contributed by atoms with Crippen LogP contribution in [0.25, 0.3) is 16.6 Å². The number of hydrogen-bond acceptors (Lipinski definition) is 7. The average Bonchev–Trinajstić information content (AvgIpc) is 2.79. The quantitative estimate of drug-likeness (QED) is 0.491. The number of nitrogens with zero attached hydrogens (tertiary/aromatic N) is 3. The Bertz CT molecular complexity index is 1380. The smallest absolute Gasteiger partial charge is 0.356 e. The molecule has 0 aliphatic rings. The molecule has 4 rings (SSSR count). The van der Waals surface area contributed by atoms with E-state index in [0.717, 1.165) is 10.1 Å². The van der Waals surface area contributed by atoms with Crippen molar-refractivity contribution in [3.8, 4) is 28.7 Å². The summed E-state index contributed by atoms with van der Waals surface area (Å²) in [5.41, 5.74) is 0.777. The van der Waals surface area contributed by atoms with Crippen molar-refractivity contribution in [2.45, 2.75) is 6.92 Å². The van der Waals surface area contributed by atoms with Crippen LogP contribution in [0.5, 0.6) is 23.0 Å². The number of carbonyl (C=O) groups is 1. The molecule has 9 nitrogen and oxygen atoms in total. The van der Waals surface area contributed by atoms with Crippen LogP contribution in [-0.2, 0) is 0 Å². The molecule has 0 fully saturated rings. The molecule has 32 heavy (non-hydrogen) atoms. The molecule has 0 spiro atoms. The van der Waals surface area contributed by atoms with Gasteiger partial charge in [-0.1, -0.05) is 0 Å². The average molecular weight is 433 g/mol. The van der Waals surface area contributed by atoms with Gasteiger partial charge in [0.2, 0.25) is 0 Å². The fourth-order valence-electron chi connectivity index (χ4n) is 3.26. The second-order valence-electron chi connectivity index (χ2n) is 6.86. The Kier molecular flexibility index (Phi) is 5.46. The summed E-state index contributed by atoms with van der Waals surface area (Å²) in [5, 5.41) is 14.0. The highest BCUT2D eigenvalue weighted by atomic mass is 16.5. The monoisotopic (exact) mass is 433 g/mol. The maximum absolute atomic E-state index is 12.3. The zero-order valence-electron chi connectivity index (χ0n) is 17.5. The maximum Gasteiger partial charge on any atom is 0.356 e. The normalized spacial score (nSPS) is 10.7. The van der Waals surface area contributed by atoms with E-state index in [1.807, 2.05) is 0 Å². The molecule has 0 bridgehead atoms. The Morgan fingerprint density at radius 1 is 0.969 bits per heavy atom. The lowest BCUT2D eigenvalue weighted by molar-refractivity contribution is 0.0687. The summed E-state index contributed by atoms with van der Waals surface area (Å²) in [6, 6.07) is 13.1. The molecule has 0 aliphatic carbocycles. The van der Waals surface area contributed by atoms with Crippen LogP contribution in [0.2, 0.25) is 0 Å². The number of ether oxygens (including phenoxy) is 3. The van der Waals surface area contributed by atoms with Gasteiger partial charge in [0.25, 0.3) is 5.56 Å². The van der Waals surface area contributed by atoms with Crippen LogP contribution < -0.4 is 19.8 Å². The van der Waals surface area contributed by atoms with Gasteiger partial charge < -0.3 is 19.3 Å². The van der Waals surface area contributed by atoms with Crippen LogP contribution in [0.3, 0.4) is 0 Å². The molecule has 2 aromatic heterocycles. The van der Waals surface area contributed by atoms with Crippen molar-refractivity contribution < 1.29 is 24.1 Å². The van der Waals surface area contributed by atoms with Gasteiger partial charge in [-0.15, -0.1) is 0 Å². The van der Waals surface area contributed by atoms with Gasteiger partial charge in [0, 0.05) is 23.7 Å². The van der Waals surface area contributed by atoms with E-state index >= 15 is 0 Å². The lowest BCUT2D eigenvalue weighted by Gasteiger charge is -2.13. The third-order valence-corrected chi connectivity index (χ3v) is 4.84. The highest BCUT2D eigenvalue weighted by Gasteiger charge is 2.14. The fourth-order valence-corrected chi connectivity index (χ4v) is 3.26. The van der Waals surface area contributed by atoms with Crippen LogP contribution in [0.1, 0.15) is 16.1 Å². The van der Waals surface area contributed by atoms with Crippen LogP contribution >= 0.6 is 0 Å². The van der Waals surface area contributed by atoms with Crippen molar-refractivity contribution in [2.75, 3.05) is 14.2 Å². The number of aromatic carboxylic acids is 1. The Labute approximate surface area is 182 Å². The summed E-state index contributed by atoms with van der Waals surface area (Å²) < 4.78 is 17.8. The SMILES string of the molecule is COc1cc2nccc(Oc3ccc(-n4nc(C(=O)O)c(C)cc4=O)cc3)c2cc1OC. The van der Waals surface area contributed by atoms with E-state index in [4.69, 9.17) is 14.2 Å². The molecule has 1 N–H and O–H groups in total. The van der Waals surface area contributed by atoms with E-state index in [1.165, 1.54) is 13.0 Å². The van der Waals surface area contributed by atoms with Crippen molar-refractivity contribution in [3.63, 3.8) is 0 Å². The number of rotatable bonds is 6. The Hall–Kier alpha value is -4.40. The van der Waals surface area contributed by atoms with Gasteiger partial charge in [-0.3, -0.25) is 9.78 Å². The minimum Gasteiger partial charge on any atom is -0.493 e. The molecule has 9 heteroatoms. The molecule has 0 saturated heterocycles. The molecule has 0 amide bonds. The molecule has 0 aliphatic heterocycles. The summed E-state index contributed by atoms with van der Waals surface area (Å²) in [5.74, 6) is 0.975. The zero-order chi connectivity index (χ0) is 22.8. The van der Waals surface area contributed by atoms with Crippen molar-refractivity contribution >= 4 is 16.9 Å². The molecule has 0 unspecified atom stereocenters. The number of hydrogen-bond donors (Lipinski definition) is 1.